The molecule has 2 atom stereocenters. The molecule has 1 aromatic carbocycles. The van der Waals surface area contributed by atoms with Gasteiger partial charge in [0.15, 0.2) is 0 Å². The first-order valence-electron chi connectivity index (χ1n) is 7.17. The highest BCUT2D eigenvalue weighted by atomic mass is 16.3. The lowest BCUT2D eigenvalue weighted by Crippen LogP contribution is -2.26. The zero-order chi connectivity index (χ0) is 15.2. The SMILES string of the molecule is CC(NCC(O)c1ccncc1)c1ccccc1N(C)C. The van der Waals surface area contributed by atoms with Gasteiger partial charge in [-0.1, -0.05) is 18.2 Å². The second-order valence-corrected chi connectivity index (χ2v) is 5.38. The van der Waals surface area contributed by atoms with Crippen molar-refractivity contribution >= 4 is 5.69 Å². The summed E-state index contributed by atoms with van der Waals surface area (Å²) in [5.41, 5.74) is 3.30. The molecule has 0 saturated carbocycles. The summed E-state index contributed by atoms with van der Waals surface area (Å²) in [5.74, 6) is 0. The van der Waals surface area contributed by atoms with E-state index in [0.717, 1.165) is 5.56 Å². The molecule has 0 bridgehead atoms. The van der Waals surface area contributed by atoms with E-state index in [0.29, 0.717) is 6.54 Å². The van der Waals surface area contributed by atoms with E-state index in [2.05, 4.69) is 34.3 Å². The molecule has 0 amide bonds. The molecule has 0 radical (unpaired) electrons. The van der Waals surface area contributed by atoms with Crippen molar-refractivity contribution in [1.82, 2.24) is 10.3 Å². The van der Waals surface area contributed by atoms with Gasteiger partial charge in [0.05, 0.1) is 6.10 Å². The second kappa shape index (κ2) is 7.20. The summed E-state index contributed by atoms with van der Waals surface area (Å²) in [4.78, 5) is 6.07. The molecule has 1 heterocycles. The van der Waals surface area contributed by atoms with E-state index in [1.54, 1.807) is 12.4 Å². The molecule has 4 nitrogen and oxygen atoms in total. The van der Waals surface area contributed by atoms with Crippen molar-refractivity contribution < 1.29 is 5.11 Å². The quantitative estimate of drug-likeness (QED) is 0.856. The van der Waals surface area contributed by atoms with Crippen molar-refractivity contribution in [1.29, 1.82) is 0 Å². The number of anilines is 1. The van der Waals surface area contributed by atoms with Gasteiger partial charge in [-0.25, -0.2) is 0 Å². The Balaban J connectivity index is 2.01. The van der Waals surface area contributed by atoms with Crippen LogP contribution in [-0.2, 0) is 0 Å². The van der Waals surface area contributed by atoms with Gasteiger partial charge in [-0.15, -0.1) is 0 Å². The molecular formula is C17H23N3O. The highest BCUT2D eigenvalue weighted by Crippen LogP contribution is 2.25. The number of aliphatic hydroxyl groups excluding tert-OH is 1. The fourth-order valence-electron chi connectivity index (χ4n) is 2.36. The standard InChI is InChI=1S/C17H23N3O/c1-13(15-6-4-5-7-16(15)20(2)3)19-12-17(21)14-8-10-18-11-9-14/h4-11,13,17,19,21H,12H2,1-3H3. The van der Waals surface area contributed by atoms with Crippen LogP contribution >= 0.6 is 0 Å². The van der Waals surface area contributed by atoms with Crippen LogP contribution < -0.4 is 10.2 Å². The van der Waals surface area contributed by atoms with Gasteiger partial charge in [-0.05, 0) is 36.2 Å². The van der Waals surface area contributed by atoms with Crippen molar-refractivity contribution in [3.63, 3.8) is 0 Å². The lowest BCUT2D eigenvalue weighted by Gasteiger charge is -2.23. The molecule has 2 rings (SSSR count). The van der Waals surface area contributed by atoms with Gasteiger partial charge >= 0.3 is 0 Å². The largest absolute Gasteiger partial charge is 0.387 e. The third-order valence-corrected chi connectivity index (χ3v) is 3.59. The first-order valence-corrected chi connectivity index (χ1v) is 7.17. The van der Waals surface area contributed by atoms with Gasteiger partial charge in [0.2, 0.25) is 0 Å². The molecule has 112 valence electrons. The number of hydrogen-bond acceptors (Lipinski definition) is 4. The lowest BCUT2D eigenvalue weighted by atomic mass is 10.0. The number of pyridine rings is 1. The van der Waals surface area contributed by atoms with Gasteiger partial charge in [0.1, 0.15) is 0 Å². The van der Waals surface area contributed by atoms with Crippen LogP contribution in [0.3, 0.4) is 0 Å². The maximum absolute atomic E-state index is 10.2. The maximum Gasteiger partial charge on any atom is 0.0915 e. The Labute approximate surface area is 126 Å². The number of aliphatic hydroxyl groups is 1. The van der Waals surface area contributed by atoms with Crippen molar-refractivity contribution in [3.05, 3.63) is 59.9 Å². The van der Waals surface area contributed by atoms with Gasteiger partial charge in [0.25, 0.3) is 0 Å². The highest BCUT2D eigenvalue weighted by Gasteiger charge is 2.13. The molecule has 0 saturated heterocycles. The molecule has 2 N–H and O–H groups in total. The lowest BCUT2D eigenvalue weighted by molar-refractivity contribution is 0.170. The predicted octanol–water partition coefficient (Wildman–Crippen LogP) is 2.53. The molecule has 4 heteroatoms. The van der Waals surface area contributed by atoms with E-state index >= 15 is 0 Å². The Morgan fingerprint density at radius 3 is 2.48 bits per heavy atom. The number of hydrogen-bond donors (Lipinski definition) is 2. The molecule has 1 aromatic heterocycles. The van der Waals surface area contributed by atoms with E-state index in [4.69, 9.17) is 0 Å². The van der Waals surface area contributed by atoms with E-state index < -0.39 is 6.10 Å². The Morgan fingerprint density at radius 2 is 1.81 bits per heavy atom. The van der Waals surface area contributed by atoms with E-state index in [9.17, 15) is 5.11 Å². The van der Waals surface area contributed by atoms with Crippen molar-refractivity contribution in [2.45, 2.75) is 19.1 Å². The number of nitrogens with zero attached hydrogens (tertiary/aromatic N) is 2. The van der Waals surface area contributed by atoms with E-state index in [-0.39, 0.29) is 6.04 Å². The van der Waals surface area contributed by atoms with Gasteiger partial charge in [-0.2, -0.15) is 0 Å². The van der Waals surface area contributed by atoms with Crippen LogP contribution in [0.1, 0.15) is 30.2 Å². The molecule has 21 heavy (non-hydrogen) atoms. The third-order valence-electron chi connectivity index (χ3n) is 3.59. The van der Waals surface area contributed by atoms with Crippen LogP contribution in [0.25, 0.3) is 0 Å². The maximum atomic E-state index is 10.2. The van der Waals surface area contributed by atoms with Crippen molar-refractivity contribution in [3.8, 4) is 0 Å². The third kappa shape index (κ3) is 4.03. The fourth-order valence-corrected chi connectivity index (χ4v) is 2.36. The number of benzene rings is 1. The van der Waals surface area contributed by atoms with Crippen LogP contribution in [0.2, 0.25) is 0 Å². The Hall–Kier alpha value is -1.91. The zero-order valence-corrected chi connectivity index (χ0v) is 12.8. The summed E-state index contributed by atoms with van der Waals surface area (Å²) in [6, 6.07) is 12.1. The van der Waals surface area contributed by atoms with Crippen molar-refractivity contribution in [2.75, 3.05) is 25.5 Å². The predicted molar refractivity (Wildman–Crippen MR) is 86.4 cm³/mol. The van der Waals surface area contributed by atoms with Crippen molar-refractivity contribution in [2.24, 2.45) is 0 Å². The average molecular weight is 285 g/mol. The minimum atomic E-state index is -0.526. The minimum Gasteiger partial charge on any atom is -0.387 e. The molecule has 0 spiro atoms. The van der Waals surface area contributed by atoms with E-state index in [1.807, 2.05) is 38.4 Å². The van der Waals surface area contributed by atoms with Gasteiger partial charge in [0, 0.05) is 44.8 Å². The van der Waals surface area contributed by atoms with Gasteiger partial charge in [-0.3, -0.25) is 4.98 Å². The highest BCUT2D eigenvalue weighted by molar-refractivity contribution is 5.53. The summed E-state index contributed by atoms with van der Waals surface area (Å²) in [6.07, 6.45) is 2.87. The molecule has 2 unspecified atom stereocenters. The van der Waals surface area contributed by atoms with Crippen LogP contribution in [0.4, 0.5) is 5.69 Å². The summed E-state index contributed by atoms with van der Waals surface area (Å²) in [5, 5.41) is 13.6. The fraction of sp³-hybridized carbons (Fsp3) is 0.353. The number of aromatic nitrogens is 1. The Morgan fingerprint density at radius 1 is 1.14 bits per heavy atom. The van der Waals surface area contributed by atoms with Crippen LogP contribution in [0.5, 0.6) is 0 Å². The first-order chi connectivity index (χ1) is 10.1. The first kappa shape index (κ1) is 15.5. The smallest absolute Gasteiger partial charge is 0.0915 e. The summed E-state index contributed by atoms with van der Waals surface area (Å²) >= 11 is 0. The van der Waals surface area contributed by atoms with E-state index in [1.165, 1.54) is 11.3 Å². The topological polar surface area (TPSA) is 48.4 Å². The summed E-state index contributed by atoms with van der Waals surface area (Å²) in [7, 11) is 4.08. The van der Waals surface area contributed by atoms with Gasteiger partial charge < -0.3 is 15.3 Å². The second-order valence-electron chi connectivity index (χ2n) is 5.38. The van der Waals surface area contributed by atoms with Crippen LogP contribution in [0, 0.1) is 0 Å². The molecular weight excluding hydrogens is 262 g/mol. The Kier molecular flexibility index (Phi) is 5.31. The molecule has 0 aliphatic heterocycles. The monoisotopic (exact) mass is 285 g/mol. The minimum absolute atomic E-state index is 0.167. The number of rotatable bonds is 6. The normalized spacial score (nSPS) is 13.7. The van der Waals surface area contributed by atoms with Crippen LogP contribution in [0.15, 0.2) is 48.8 Å². The summed E-state index contributed by atoms with van der Waals surface area (Å²) < 4.78 is 0. The molecule has 0 aliphatic rings. The zero-order valence-electron chi connectivity index (χ0n) is 12.8. The van der Waals surface area contributed by atoms with Crippen LogP contribution in [-0.4, -0.2) is 30.7 Å². The summed E-state index contributed by atoms with van der Waals surface area (Å²) in [6.45, 7) is 2.62. The Bertz CT molecular complexity index is 557. The molecule has 0 fully saturated rings. The average Bonchev–Trinajstić information content (AvgIpc) is 2.53. The molecule has 2 aromatic rings. The number of para-hydroxylation sites is 1. The molecule has 0 aliphatic carbocycles. The number of nitrogens with one attached hydrogen (secondary N) is 1.